The molecule has 0 unspecified atom stereocenters. The smallest absolute Gasteiger partial charge is 0.407 e. The fourth-order valence-electron chi connectivity index (χ4n) is 9.67. The first-order valence-corrected chi connectivity index (χ1v) is 16.6. The molecule has 0 heterocycles. The fraction of sp³-hybridized carbons (Fsp3) is 0.703. The first kappa shape index (κ1) is 32.6. The second-order valence-electron chi connectivity index (χ2n) is 16.6. The monoisotopic (exact) mass is 606 g/mol. The van der Waals surface area contributed by atoms with Crippen LogP contribution in [0.4, 0.5) is 4.79 Å². The molecular formula is C37H54N2O5. The normalized spacial score (nSPS) is 38.2. The lowest BCUT2D eigenvalue weighted by Crippen LogP contribution is -2.62. The van der Waals surface area contributed by atoms with Crippen molar-refractivity contribution in [1.29, 1.82) is 0 Å². The molecular weight excluding hydrogens is 552 g/mol. The Bertz CT molecular complexity index is 1400. The number of hydrogen-bond acceptors (Lipinski definition) is 5. The van der Waals surface area contributed by atoms with Crippen LogP contribution in [0.2, 0.25) is 0 Å². The molecule has 3 N–H and O–H groups in total. The number of alkyl carbamates (subject to hydrolysis) is 1. The Morgan fingerprint density at radius 3 is 2.30 bits per heavy atom. The highest BCUT2D eigenvalue weighted by atomic mass is 16.6. The van der Waals surface area contributed by atoms with E-state index in [-0.39, 0.29) is 39.1 Å². The number of carbonyl (C=O) groups excluding carboxylic acids is 3. The molecule has 44 heavy (non-hydrogen) atoms. The molecule has 3 fully saturated rings. The highest BCUT2D eigenvalue weighted by Gasteiger charge is 2.67. The predicted octanol–water partition coefficient (Wildman–Crippen LogP) is 7.64. The topological polar surface area (TPSA) is 105 Å². The van der Waals surface area contributed by atoms with Crippen LogP contribution in [0, 0.1) is 33.0 Å². The minimum absolute atomic E-state index is 0.00222. The largest absolute Gasteiger partial charge is 0.504 e. The molecule has 7 heteroatoms. The van der Waals surface area contributed by atoms with Crippen LogP contribution >= 0.6 is 0 Å². The molecule has 0 aromatic heterocycles. The van der Waals surface area contributed by atoms with Gasteiger partial charge in [0.25, 0.3) is 0 Å². The summed E-state index contributed by atoms with van der Waals surface area (Å²) in [5.41, 5.74) is 3.00. The van der Waals surface area contributed by atoms with Gasteiger partial charge in [-0.15, -0.1) is 0 Å². The highest BCUT2D eigenvalue weighted by Crippen LogP contribution is 2.75. The maximum atomic E-state index is 13.7. The molecule has 0 bridgehead atoms. The van der Waals surface area contributed by atoms with Crippen molar-refractivity contribution in [2.24, 2.45) is 33.0 Å². The molecule has 242 valence electrons. The van der Waals surface area contributed by atoms with Gasteiger partial charge in [0.2, 0.25) is 11.7 Å². The maximum Gasteiger partial charge on any atom is 0.407 e. The van der Waals surface area contributed by atoms with Gasteiger partial charge in [-0.1, -0.05) is 52.3 Å². The molecule has 0 aromatic carbocycles. The summed E-state index contributed by atoms with van der Waals surface area (Å²) in [5, 5.41) is 16.4. The lowest BCUT2D eigenvalue weighted by molar-refractivity contribution is -0.169. The first-order valence-electron chi connectivity index (χ1n) is 16.6. The van der Waals surface area contributed by atoms with Gasteiger partial charge in [-0.25, -0.2) is 4.79 Å². The van der Waals surface area contributed by atoms with E-state index in [0.29, 0.717) is 31.0 Å². The number of carbonyl (C=O) groups is 3. The molecule has 7 nitrogen and oxygen atoms in total. The van der Waals surface area contributed by atoms with Crippen molar-refractivity contribution in [2.75, 3.05) is 13.1 Å². The summed E-state index contributed by atoms with van der Waals surface area (Å²) in [6, 6.07) is 0. The first-order chi connectivity index (χ1) is 20.3. The Balaban J connectivity index is 1.34. The molecule has 0 spiro atoms. The third-order valence-electron chi connectivity index (χ3n) is 12.7. The van der Waals surface area contributed by atoms with Gasteiger partial charge in [-0.3, -0.25) is 9.59 Å². The summed E-state index contributed by atoms with van der Waals surface area (Å²) in [4.78, 5) is 38.5. The van der Waals surface area contributed by atoms with E-state index < -0.39 is 17.1 Å². The average molecular weight is 607 g/mol. The summed E-state index contributed by atoms with van der Waals surface area (Å²) in [6.07, 6.45) is 13.3. The molecule has 0 saturated heterocycles. The van der Waals surface area contributed by atoms with Crippen molar-refractivity contribution in [1.82, 2.24) is 10.6 Å². The molecule has 3 saturated carbocycles. The predicted molar refractivity (Wildman–Crippen MR) is 173 cm³/mol. The maximum absolute atomic E-state index is 13.7. The van der Waals surface area contributed by atoms with Crippen LogP contribution in [0.25, 0.3) is 0 Å². The zero-order chi connectivity index (χ0) is 32.5. The summed E-state index contributed by atoms with van der Waals surface area (Å²) in [7, 11) is 0. The van der Waals surface area contributed by atoms with Gasteiger partial charge in [-0.05, 0) is 118 Å². The molecule has 5 aliphatic rings. The second-order valence-corrected chi connectivity index (χ2v) is 16.6. The zero-order valence-corrected chi connectivity index (χ0v) is 28.5. The van der Waals surface area contributed by atoms with Crippen molar-refractivity contribution in [3.8, 4) is 0 Å². The Labute approximate surface area is 264 Å². The van der Waals surface area contributed by atoms with E-state index in [4.69, 9.17) is 4.74 Å². The Morgan fingerprint density at radius 1 is 0.955 bits per heavy atom. The van der Waals surface area contributed by atoms with E-state index in [1.165, 1.54) is 5.57 Å². The third kappa shape index (κ3) is 5.06. The van der Waals surface area contributed by atoms with E-state index in [1.54, 1.807) is 6.08 Å². The summed E-state index contributed by atoms with van der Waals surface area (Å²) in [5.74, 6) is 0.0719. The minimum atomic E-state index is -0.537. The Morgan fingerprint density at radius 2 is 1.61 bits per heavy atom. The van der Waals surface area contributed by atoms with Crippen LogP contribution in [0.3, 0.4) is 0 Å². The molecule has 0 aromatic rings. The number of aliphatic hydroxyl groups is 1. The lowest BCUT2D eigenvalue weighted by Gasteiger charge is -2.70. The summed E-state index contributed by atoms with van der Waals surface area (Å²) < 4.78 is 5.30. The van der Waals surface area contributed by atoms with E-state index in [9.17, 15) is 19.5 Å². The number of allylic oxidation sites excluding steroid dienone is 7. The van der Waals surface area contributed by atoms with Gasteiger partial charge < -0.3 is 20.5 Å². The lowest BCUT2D eigenvalue weighted by atomic mass is 9.34. The molecule has 6 atom stereocenters. The summed E-state index contributed by atoms with van der Waals surface area (Å²) in [6.45, 7) is 20.2. The molecule has 5 rings (SSSR count). The quantitative estimate of drug-likeness (QED) is 0.279. The van der Waals surface area contributed by atoms with Gasteiger partial charge in [0.1, 0.15) is 5.60 Å². The number of nitrogens with one attached hydrogen (secondary N) is 2. The van der Waals surface area contributed by atoms with Crippen LogP contribution in [0.15, 0.2) is 46.3 Å². The Kier molecular flexibility index (Phi) is 7.86. The van der Waals surface area contributed by atoms with Crippen molar-refractivity contribution in [2.45, 2.75) is 119 Å². The van der Waals surface area contributed by atoms with Crippen molar-refractivity contribution >= 4 is 17.8 Å². The van der Waals surface area contributed by atoms with E-state index in [1.807, 2.05) is 27.7 Å². The SMILES string of the molecule is CC1=C(O)C(=O)C=C2C1=CC=C1[C@@]2(C)CC[C@@]2(C)[C@@H]3C[C@](C)(C(=O)NCCCNC(=O)OC(C)(C)C)CC[C@]3(C)CC[C@]12C. The summed E-state index contributed by atoms with van der Waals surface area (Å²) >= 11 is 0. The number of aliphatic hydroxyl groups excluding tert-OH is 1. The van der Waals surface area contributed by atoms with Crippen LogP contribution in [0.5, 0.6) is 0 Å². The van der Waals surface area contributed by atoms with Crippen LogP contribution in [-0.2, 0) is 14.3 Å². The highest BCUT2D eigenvalue weighted by molar-refractivity contribution is 6.06. The van der Waals surface area contributed by atoms with Gasteiger partial charge in [0, 0.05) is 29.5 Å². The molecule has 5 aliphatic carbocycles. The van der Waals surface area contributed by atoms with Gasteiger partial charge in [-0.2, -0.15) is 0 Å². The molecule has 0 aliphatic heterocycles. The number of rotatable bonds is 5. The van der Waals surface area contributed by atoms with Crippen LogP contribution in [-0.4, -0.2) is 41.6 Å². The van der Waals surface area contributed by atoms with Crippen molar-refractivity contribution in [3.63, 3.8) is 0 Å². The third-order valence-corrected chi connectivity index (χ3v) is 12.7. The van der Waals surface area contributed by atoms with Gasteiger partial charge in [0.05, 0.1) is 0 Å². The molecule has 0 radical (unpaired) electrons. The van der Waals surface area contributed by atoms with E-state index in [0.717, 1.165) is 56.1 Å². The van der Waals surface area contributed by atoms with Crippen molar-refractivity contribution < 1.29 is 24.2 Å². The number of fused-ring (bicyclic) bond motifs is 7. The second kappa shape index (κ2) is 10.6. The average Bonchev–Trinajstić information content (AvgIpc) is 2.93. The number of ketones is 1. The minimum Gasteiger partial charge on any atom is -0.504 e. The number of amides is 2. The van der Waals surface area contributed by atoms with Gasteiger partial charge in [0.15, 0.2) is 5.76 Å². The van der Waals surface area contributed by atoms with E-state index in [2.05, 4.69) is 57.4 Å². The van der Waals surface area contributed by atoms with E-state index >= 15 is 0 Å². The number of hydrogen-bond donors (Lipinski definition) is 3. The van der Waals surface area contributed by atoms with Crippen molar-refractivity contribution in [3.05, 3.63) is 46.3 Å². The molecule has 2 amide bonds. The van der Waals surface area contributed by atoms with Crippen LogP contribution < -0.4 is 10.6 Å². The van der Waals surface area contributed by atoms with Gasteiger partial charge >= 0.3 is 6.09 Å². The fourth-order valence-corrected chi connectivity index (χ4v) is 9.67. The van der Waals surface area contributed by atoms with Crippen LogP contribution in [0.1, 0.15) is 114 Å². The zero-order valence-electron chi connectivity index (χ0n) is 28.5. The Hall–Kier alpha value is -2.83. The number of ether oxygens (including phenoxy) is 1. The standard InChI is InChI=1S/C37H54N2O5/c1-23-24-11-12-27-35(7,25(24)21-26(40)29(23)41)16-18-37(9)28-22-34(6,14-13-33(28,5)15-17-36(27,37)8)30(42)38-19-10-20-39-31(43)44-32(2,3)4/h11-12,21,28,41H,10,13-20,22H2,1-9H3,(H,38,42)(H,39,43)/t28-,33-,34-,35+,36-,37+/m1/s1.